The summed E-state index contributed by atoms with van der Waals surface area (Å²) in [4.78, 5) is 34.7. The molecule has 4 aromatic heterocycles. The van der Waals surface area contributed by atoms with Crippen LogP contribution in [-0.4, -0.2) is 94.0 Å². The van der Waals surface area contributed by atoms with Crippen LogP contribution in [0.4, 0.5) is 16.2 Å². The second-order valence-corrected chi connectivity index (χ2v) is 11.8. The number of halogens is 1. The number of imidazole rings is 2. The van der Waals surface area contributed by atoms with Gasteiger partial charge in [0.1, 0.15) is 42.4 Å². The van der Waals surface area contributed by atoms with E-state index < -0.39 is 84.4 Å². The molecule has 10 atom stereocenters. The van der Waals surface area contributed by atoms with E-state index in [9.17, 15) is 19.0 Å². The van der Waals surface area contributed by atoms with Crippen LogP contribution < -0.4 is 17.0 Å². The van der Waals surface area contributed by atoms with Crippen LogP contribution in [0, 0.1) is 0 Å². The van der Waals surface area contributed by atoms with Crippen molar-refractivity contribution >= 4 is 50.6 Å². The number of nitrogens with zero attached hydrogens (tertiary/aromatic N) is 7. The molecule has 6 N–H and O–H groups in total. The molecule has 0 spiro atoms. The highest BCUT2D eigenvalue weighted by Gasteiger charge is 2.51. The minimum Gasteiger partial charge on any atom is -0.387 e. The molecule has 230 valence electrons. The van der Waals surface area contributed by atoms with Crippen molar-refractivity contribution in [3.63, 3.8) is 0 Å². The summed E-state index contributed by atoms with van der Waals surface area (Å²) in [7, 11) is -6.85. The zero-order valence-electron chi connectivity index (χ0n) is 21.5. The molecule has 20 nitrogen and oxygen atoms in total. The van der Waals surface area contributed by atoms with Crippen LogP contribution in [0.2, 0.25) is 0 Å². The van der Waals surface area contributed by atoms with E-state index in [4.69, 9.17) is 39.0 Å². The second-order valence-electron chi connectivity index (χ2n) is 9.71. The summed E-state index contributed by atoms with van der Waals surface area (Å²) >= 11 is 0. The van der Waals surface area contributed by atoms with Gasteiger partial charge in [-0.2, -0.15) is 4.98 Å². The van der Waals surface area contributed by atoms with E-state index in [1.165, 1.54) is 28.1 Å². The maximum absolute atomic E-state index is 15.8. The average molecular weight is 644 g/mol. The molecule has 3 saturated heterocycles. The summed E-state index contributed by atoms with van der Waals surface area (Å²) < 4.78 is 77.6. The van der Waals surface area contributed by atoms with Crippen LogP contribution in [-0.2, 0) is 36.7 Å². The molecule has 23 heteroatoms. The SMILES string of the molecule is Nc1nc2c(ncn2[C@@H]2O[C@@H]3CO[PH](=O)O[C@H]4[C@@H](F)[C@H](n5cnc6c(N)ncnc65)O[C@@H]4CO[PH](=O)O[C@@H]2[C@@H]3O)c(=O)[nH]1. The van der Waals surface area contributed by atoms with Crippen molar-refractivity contribution in [3.05, 3.63) is 29.3 Å². The Morgan fingerprint density at radius 1 is 0.907 bits per heavy atom. The first-order valence-corrected chi connectivity index (χ1v) is 15.1. The number of aromatic amines is 1. The third-order valence-electron chi connectivity index (χ3n) is 7.16. The molecule has 3 aliphatic heterocycles. The monoisotopic (exact) mass is 644 g/mol. The van der Waals surface area contributed by atoms with Gasteiger partial charge in [-0.3, -0.25) is 32.6 Å². The molecule has 0 aliphatic carbocycles. The van der Waals surface area contributed by atoms with Gasteiger partial charge in [-0.25, -0.2) is 24.3 Å². The predicted molar refractivity (Wildman–Crippen MR) is 141 cm³/mol. The highest BCUT2D eigenvalue weighted by atomic mass is 31.1. The highest BCUT2D eigenvalue weighted by Crippen LogP contribution is 2.45. The molecule has 7 rings (SSSR count). The lowest BCUT2D eigenvalue weighted by atomic mass is 10.1. The number of aromatic nitrogens is 8. The number of fused-ring (bicyclic) bond motifs is 5. The summed E-state index contributed by atoms with van der Waals surface area (Å²) in [5.41, 5.74) is 11.2. The topological polar surface area (TPSA) is 269 Å². The number of alkyl halides is 1. The van der Waals surface area contributed by atoms with Gasteiger partial charge in [0.25, 0.3) is 5.56 Å². The zero-order chi connectivity index (χ0) is 30.0. The lowest BCUT2D eigenvalue weighted by molar-refractivity contribution is -0.0558. The van der Waals surface area contributed by atoms with Crippen LogP contribution in [0.3, 0.4) is 0 Å². The van der Waals surface area contributed by atoms with Crippen LogP contribution in [0.25, 0.3) is 22.3 Å². The van der Waals surface area contributed by atoms with Crippen molar-refractivity contribution in [2.24, 2.45) is 0 Å². The fourth-order valence-electron chi connectivity index (χ4n) is 5.18. The Hall–Kier alpha value is -3.39. The molecule has 0 amide bonds. The molecular formula is C20H23FN10O10P2. The number of anilines is 2. The minimum absolute atomic E-state index is 0.00601. The van der Waals surface area contributed by atoms with Gasteiger partial charge < -0.3 is 39.6 Å². The molecule has 2 bridgehead atoms. The van der Waals surface area contributed by atoms with Crippen molar-refractivity contribution < 1.29 is 46.2 Å². The Balaban J connectivity index is 1.16. The molecule has 0 aromatic carbocycles. The van der Waals surface area contributed by atoms with Gasteiger partial charge >= 0.3 is 16.5 Å². The van der Waals surface area contributed by atoms with Gasteiger partial charge in [0.15, 0.2) is 41.3 Å². The Bertz CT molecular complexity index is 1800. The first kappa shape index (κ1) is 28.4. The fraction of sp³-hybridized carbons (Fsp3) is 0.500. The number of ether oxygens (including phenoxy) is 2. The first-order valence-electron chi connectivity index (χ1n) is 12.6. The number of hydrogen-bond acceptors (Lipinski definition) is 17. The standard InChI is InChI=1S/C20H23FN10O10P2/c21-8-12-7(39-18(8)30-4-26-9-14(22)24-3-25-15(9)30)2-37-43(35)41-13-11(32)6(1-36-42(34)40-12)38-19(13)31-5-27-10-16(31)28-20(23)29-17(10)33/h3-8,11-13,18-19,32,42-43H,1-2H2,(H2,22,24,25)(H3,23,28,29,33)/t6-,7-,8-,11-,12-,13-,18-,19-/m1/s1. The van der Waals surface area contributed by atoms with Gasteiger partial charge in [0, 0.05) is 0 Å². The lowest BCUT2D eigenvalue weighted by Gasteiger charge is -2.22. The normalized spacial score (nSPS) is 35.4. The van der Waals surface area contributed by atoms with E-state index in [2.05, 4.69) is 29.9 Å². The van der Waals surface area contributed by atoms with Crippen LogP contribution in [0.5, 0.6) is 0 Å². The molecule has 0 saturated carbocycles. The summed E-state index contributed by atoms with van der Waals surface area (Å²) in [6, 6.07) is 0. The Labute approximate surface area is 239 Å². The molecule has 2 unspecified atom stereocenters. The smallest absolute Gasteiger partial charge is 0.319 e. The number of hydrogen-bond donors (Lipinski definition) is 4. The largest absolute Gasteiger partial charge is 0.387 e. The van der Waals surface area contributed by atoms with E-state index in [0.29, 0.717) is 0 Å². The molecule has 43 heavy (non-hydrogen) atoms. The average Bonchev–Trinajstić information content (AvgIpc) is 3.72. The Morgan fingerprint density at radius 2 is 1.56 bits per heavy atom. The molecule has 4 aromatic rings. The highest BCUT2D eigenvalue weighted by molar-refractivity contribution is 7.33. The third kappa shape index (κ3) is 4.91. The van der Waals surface area contributed by atoms with Gasteiger partial charge in [-0.1, -0.05) is 0 Å². The second kappa shape index (κ2) is 11.0. The van der Waals surface area contributed by atoms with Crippen molar-refractivity contribution in [1.29, 1.82) is 0 Å². The van der Waals surface area contributed by atoms with Crippen LogP contribution in [0.15, 0.2) is 23.8 Å². The first-order chi connectivity index (χ1) is 20.7. The number of H-pyrrole nitrogens is 1. The summed E-state index contributed by atoms with van der Waals surface area (Å²) in [5, 5.41) is 11.0. The number of aliphatic hydroxyl groups excluding tert-OH is 1. The number of rotatable bonds is 2. The maximum Gasteiger partial charge on any atom is 0.319 e. The maximum atomic E-state index is 15.8. The van der Waals surface area contributed by atoms with Crippen molar-refractivity contribution in [1.82, 2.24) is 39.0 Å². The zero-order valence-corrected chi connectivity index (χ0v) is 23.5. The van der Waals surface area contributed by atoms with Crippen LogP contribution in [0.1, 0.15) is 12.5 Å². The number of aliphatic hydroxyl groups is 1. The van der Waals surface area contributed by atoms with Gasteiger partial charge in [0.05, 0.1) is 25.9 Å². The van der Waals surface area contributed by atoms with E-state index in [-0.39, 0.29) is 34.1 Å². The quantitative estimate of drug-likeness (QED) is 0.195. The number of nitrogens with two attached hydrogens (primary N) is 2. The van der Waals surface area contributed by atoms with Crippen molar-refractivity contribution in [2.45, 2.75) is 49.1 Å². The van der Waals surface area contributed by atoms with Gasteiger partial charge in [-0.05, 0) is 0 Å². The van der Waals surface area contributed by atoms with E-state index in [1.807, 2.05) is 0 Å². The number of nitrogen functional groups attached to an aromatic ring is 2. The summed E-state index contributed by atoms with van der Waals surface area (Å²) in [5.74, 6) is -0.138. The predicted octanol–water partition coefficient (Wildman–Crippen LogP) is -0.786. The van der Waals surface area contributed by atoms with Gasteiger partial charge in [-0.15, -0.1) is 0 Å². The molecular weight excluding hydrogens is 621 g/mol. The third-order valence-corrected chi connectivity index (χ3v) is 8.90. The van der Waals surface area contributed by atoms with E-state index in [1.54, 1.807) is 0 Å². The van der Waals surface area contributed by atoms with Crippen LogP contribution >= 0.6 is 16.5 Å². The molecule has 7 heterocycles. The van der Waals surface area contributed by atoms with Crippen molar-refractivity contribution in [2.75, 3.05) is 24.7 Å². The Morgan fingerprint density at radius 3 is 2.33 bits per heavy atom. The molecule has 3 fully saturated rings. The summed E-state index contributed by atoms with van der Waals surface area (Å²) in [6.07, 6.45) is -7.71. The number of nitrogens with one attached hydrogen (secondary N) is 1. The van der Waals surface area contributed by atoms with Crippen molar-refractivity contribution in [3.8, 4) is 0 Å². The Kier molecular flexibility index (Phi) is 7.23. The molecule has 0 radical (unpaired) electrons. The summed E-state index contributed by atoms with van der Waals surface area (Å²) in [6.45, 7) is -1.03. The fourth-order valence-corrected chi connectivity index (χ4v) is 6.89. The molecule has 3 aliphatic rings. The van der Waals surface area contributed by atoms with Gasteiger partial charge in [0.2, 0.25) is 5.95 Å². The minimum atomic E-state index is -3.43. The van der Waals surface area contributed by atoms with E-state index >= 15 is 4.39 Å². The lowest BCUT2D eigenvalue weighted by Crippen LogP contribution is -2.34. The van der Waals surface area contributed by atoms with E-state index in [0.717, 1.165) is 0 Å².